The van der Waals surface area contributed by atoms with Crippen molar-refractivity contribution < 1.29 is 0 Å². The van der Waals surface area contributed by atoms with Crippen molar-refractivity contribution in [2.24, 2.45) is 0 Å². The molecule has 0 radical (unpaired) electrons. The van der Waals surface area contributed by atoms with Crippen LogP contribution in [0.1, 0.15) is 44.5 Å². The highest BCUT2D eigenvalue weighted by molar-refractivity contribution is 6.01. The normalized spacial score (nSPS) is 13.2. The van der Waals surface area contributed by atoms with Gasteiger partial charge in [-0.25, -0.2) is 0 Å². The second-order valence-corrected chi connectivity index (χ2v) is 26.9. The summed E-state index contributed by atoms with van der Waals surface area (Å²) >= 11 is 0. The van der Waals surface area contributed by atoms with Gasteiger partial charge in [0.1, 0.15) is 0 Å². The molecule has 20 rings (SSSR count). The van der Waals surface area contributed by atoms with Crippen LogP contribution in [0.15, 0.2) is 388 Å². The molecule has 0 heterocycles. The zero-order valence-electron chi connectivity index (χ0n) is 54.8. The second kappa shape index (κ2) is 22.9. The lowest BCUT2D eigenvalue weighted by atomic mass is 9.70. The highest BCUT2D eigenvalue weighted by atomic mass is 15.2. The van der Waals surface area contributed by atoms with Gasteiger partial charge in [-0.1, -0.05) is 322 Å². The average Bonchev–Trinajstić information content (AvgIpc) is 1.52. The molecular weight excluding hydrogens is 1210 g/mol. The highest BCUT2D eigenvalue weighted by Gasteiger charge is 2.54. The third-order valence-electron chi connectivity index (χ3n) is 22.0. The van der Waals surface area contributed by atoms with Crippen LogP contribution in [0.25, 0.3) is 100 Å². The van der Waals surface area contributed by atoms with E-state index in [4.69, 9.17) is 0 Å². The van der Waals surface area contributed by atoms with Gasteiger partial charge in [-0.2, -0.15) is 0 Å². The first-order chi connectivity index (χ1) is 49.6. The van der Waals surface area contributed by atoms with Crippen LogP contribution in [0.5, 0.6) is 0 Å². The molecule has 0 atom stereocenters. The van der Waals surface area contributed by atoms with Crippen molar-refractivity contribution in [2.45, 2.75) is 10.8 Å². The standard InChI is InChI=1S/C98H64N2/c1-3-20-65(21-4-1)71-46-54-75(55-47-71)99(79-62-63-94-87(64-79)85-29-12-15-33-90(85)97(94)88-31-13-7-24-80(88)81-25-8-14-32-89(81)97)76-56-48-73(49-57-76)69-42-38-67(39-43-69)68-40-44-70(45-41-68)74-52-60-78(61-53-74)100(77-58-50-72(51-59-77)66-22-5-2-6-23-66)95-37-19-30-86-84-28-11-18-36-93(84)98(96(86)95)91-34-16-9-26-82(91)83-27-10-17-35-92(83)98/h1-64H. The van der Waals surface area contributed by atoms with E-state index in [0.717, 1.165) is 45.3 Å². The molecule has 0 bridgehead atoms. The van der Waals surface area contributed by atoms with Gasteiger partial charge in [0.2, 0.25) is 0 Å². The maximum atomic E-state index is 2.49. The summed E-state index contributed by atoms with van der Waals surface area (Å²) in [5.41, 5.74) is 38.5. The third kappa shape index (κ3) is 8.63. The van der Waals surface area contributed by atoms with Gasteiger partial charge in [-0.3, -0.25) is 0 Å². The van der Waals surface area contributed by atoms with E-state index in [2.05, 4.69) is 398 Å². The van der Waals surface area contributed by atoms with E-state index in [1.54, 1.807) is 0 Å². The fourth-order valence-electron chi connectivity index (χ4n) is 17.6. The molecule has 0 amide bonds. The first-order valence-electron chi connectivity index (χ1n) is 34.8. The first kappa shape index (κ1) is 57.4. The van der Waals surface area contributed by atoms with Gasteiger partial charge in [0.05, 0.1) is 16.5 Å². The van der Waals surface area contributed by atoms with Crippen molar-refractivity contribution in [3.63, 3.8) is 0 Å². The molecule has 4 aliphatic carbocycles. The molecule has 2 spiro atoms. The highest BCUT2D eigenvalue weighted by Crippen LogP contribution is 2.66. The Hall–Kier alpha value is -12.9. The van der Waals surface area contributed by atoms with Gasteiger partial charge in [0, 0.05) is 34.0 Å². The average molecular weight is 1270 g/mol. The summed E-state index contributed by atoms with van der Waals surface area (Å²) < 4.78 is 0. The summed E-state index contributed by atoms with van der Waals surface area (Å²) in [5.74, 6) is 0. The number of benzene rings is 16. The minimum absolute atomic E-state index is 0.403. The molecule has 0 aromatic heterocycles. The zero-order chi connectivity index (χ0) is 65.9. The van der Waals surface area contributed by atoms with Crippen LogP contribution >= 0.6 is 0 Å². The van der Waals surface area contributed by atoms with Gasteiger partial charge in [0.25, 0.3) is 0 Å². The molecule has 0 unspecified atom stereocenters. The van der Waals surface area contributed by atoms with Crippen molar-refractivity contribution in [3.8, 4) is 100 Å². The van der Waals surface area contributed by atoms with E-state index in [0.29, 0.717) is 0 Å². The van der Waals surface area contributed by atoms with Crippen molar-refractivity contribution in [3.05, 3.63) is 433 Å². The quantitative estimate of drug-likeness (QED) is 0.127. The third-order valence-corrected chi connectivity index (χ3v) is 22.0. The van der Waals surface area contributed by atoms with Crippen LogP contribution in [-0.4, -0.2) is 0 Å². The number of rotatable bonds is 11. The second-order valence-electron chi connectivity index (χ2n) is 26.9. The molecule has 16 aromatic rings. The number of hydrogen-bond donors (Lipinski definition) is 0. The Kier molecular flexibility index (Phi) is 13.1. The Morgan fingerprint density at radius 2 is 0.390 bits per heavy atom. The van der Waals surface area contributed by atoms with Gasteiger partial charge in [-0.05, 0) is 206 Å². The Bertz CT molecular complexity index is 5740. The van der Waals surface area contributed by atoms with Gasteiger partial charge < -0.3 is 9.80 Å². The minimum Gasteiger partial charge on any atom is -0.310 e. The number of fused-ring (bicyclic) bond motifs is 20. The van der Waals surface area contributed by atoms with Crippen LogP contribution in [0.2, 0.25) is 0 Å². The summed E-state index contributed by atoms with van der Waals surface area (Å²) in [7, 11) is 0. The van der Waals surface area contributed by atoms with Gasteiger partial charge in [0.15, 0.2) is 0 Å². The molecule has 2 heteroatoms. The molecule has 2 nitrogen and oxygen atoms in total. The van der Waals surface area contributed by atoms with Crippen LogP contribution < -0.4 is 9.80 Å². The number of hydrogen-bond acceptors (Lipinski definition) is 2. The van der Waals surface area contributed by atoms with Crippen molar-refractivity contribution in [1.82, 2.24) is 0 Å². The molecule has 0 saturated heterocycles. The van der Waals surface area contributed by atoms with Crippen LogP contribution in [0.4, 0.5) is 34.1 Å². The summed E-state index contributed by atoms with van der Waals surface area (Å²) in [6.07, 6.45) is 0. The van der Waals surface area contributed by atoms with Crippen molar-refractivity contribution in [2.75, 3.05) is 9.80 Å². The number of nitrogens with zero attached hydrogens (tertiary/aromatic N) is 2. The van der Waals surface area contributed by atoms with Crippen molar-refractivity contribution in [1.29, 1.82) is 0 Å². The first-order valence-corrected chi connectivity index (χ1v) is 34.8. The lowest BCUT2D eigenvalue weighted by Gasteiger charge is -2.36. The lowest BCUT2D eigenvalue weighted by Crippen LogP contribution is -2.28. The van der Waals surface area contributed by atoms with Crippen LogP contribution in [0, 0.1) is 0 Å². The van der Waals surface area contributed by atoms with Crippen LogP contribution in [-0.2, 0) is 10.8 Å². The predicted octanol–water partition coefficient (Wildman–Crippen LogP) is 25.6. The summed E-state index contributed by atoms with van der Waals surface area (Å²) in [5, 5.41) is 0. The fourth-order valence-corrected chi connectivity index (χ4v) is 17.6. The van der Waals surface area contributed by atoms with Gasteiger partial charge >= 0.3 is 0 Å². The molecule has 0 N–H and O–H groups in total. The molecule has 100 heavy (non-hydrogen) atoms. The Morgan fingerprint density at radius 3 is 0.740 bits per heavy atom. The maximum Gasteiger partial charge on any atom is 0.0746 e. The summed E-state index contributed by atoms with van der Waals surface area (Å²) in [4.78, 5) is 4.91. The number of anilines is 6. The molecule has 0 saturated carbocycles. The Morgan fingerprint density at radius 1 is 0.150 bits per heavy atom. The molecule has 466 valence electrons. The molecule has 16 aromatic carbocycles. The predicted molar refractivity (Wildman–Crippen MR) is 416 cm³/mol. The monoisotopic (exact) mass is 1270 g/mol. The Balaban J connectivity index is 0.612. The Labute approximate surface area is 584 Å². The zero-order valence-corrected chi connectivity index (χ0v) is 54.8. The molecule has 0 fully saturated rings. The van der Waals surface area contributed by atoms with E-state index in [-0.39, 0.29) is 0 Å². The minimum atomic E-state index is -0.519. The molecular formula is C98H64N2. The van der Waals surface area contributed by atoms with E-state index in [1.165, 1.54) is 134 Å². The summed E-state index contributed by atoms with van der Waals surface area (Å²) in [6, 6.07) is 144. The molecule has 0 aliphatic heterocycles. The smallest absolute Gasteiger partial charge is 0.0746 e. The van der Waals surface area contributed by atoms with E-state index in [1.807, 2.05) is 0 Å². The SMILES string of the molecule is c1ccc(-c2ccc(N(c3ccc(-c4ccc(-c5ccc(-c6ccc(N(c7ccc(-c8ccccc8)cc7)c7cccc8c7C7(c9ccccc9-c9ccccc97)c7ccccc7-8)cc6)cc5)cc4)cc3)c3ccc4c(c3)-c3ccccc3C43c4ccccc4-c4ccccc43)cc2)cc1. The van der Waals surface area contributed by atoms with Crippen LogP contribution in [0.3, 0.4) is 0 Å². The van der Waals surface area contributed by atoms with E-state index >= 15 is 0 Å². The molecule has 4 aliphatic rings. The van der Waals surface area contributed by atoms with Crippen molar-refractivity contribution >= 4 is 34.1 Å². The fraction of sp³-hybridized carbons (Fsp3) is 0.0204. The maximum absolute atomic E-state index is 2.49. The van der Waals surface area contributed by atoms with Gasteiger partial charge in [-0.15, -0.1) is 0 Å². The van der Waals surface area contributed by atoms with E-state index in [9.17, 15) is 0 Å². The lowest BCUT2D eigenvalue weighted by molar-refractivity contribution is 0.793. The summed E-state index contributed by atoms with van der Waals surface area (Å²) in [6.45, 7) is 0. The topological polar surface area (TPSA) is 6.48 Å². The largest absolute Gasteiger partial charge is 0.310 e. The van der Waals surface area contributed by atoms with E-state index < -0.39 is 10.8 Å².